The summed E-state index contributed by atoms with van der Waals surface area (Å²) in [5, 5.41) is 3.55. The van der Waals surface area contributed by atoms with Crippen molar-refractivity contribution in [3.63, 3.8) is 0 Å². The Morgan fingerprint density at radius 2 is 1.88 bits per heavy atom. The van der Waals surface area contributed by atoms with Gasteiger partial charge in [0.05, 0.1) is 6.10 Å². The van der Waals surface area contributed by atoms with Gasteiger partial charge in [0, 0.05) is 19.7 Å². The van der Waals surface area contributed by atoms with Gasteiger partial charge in [0.2, 0.25) is 0 Å². The van der Waals surface area contributed by atoms with Gasteiger partial charge in [-0.2, -0.15) is 0 Å². The first-order valence-corrected chi connectivity index (χ1v) is 6.20. The van der Waals surface area contributed by atoms with Crippen molar-refractivity contribution in [2.75, 3.05) is 13.7 Å². The SMILES string of the molecule is C=CCC(C)C(C)NCC(OC)C(C)(C)C. The van der Waals surface area contributed by atoms with Gasteiger partial charge in [0.1, 0.15) is 0 Å². The molecule has 0 fully saturated rings. The Hall–Kier alpha value is -0.340. The summed E-state index contributed by atoms with van der Waals surface area (Å²) in [5.41, 5.74) is 0.184. The monoisotopic (exact) mass is 227 g/mol. The highest BCUT2D eigenvalue weighted by molar-refractivity contribution is 4.81. The Kier molecular flexibility index (Phi) is 6.93. The molecule has 1 N–H and O–H groups in total. The predicted molar refractivity (Wildman–Crippen MR) is 71.7 cm³/mol. The summed E-state index contributed by atoms with van der Waals surface area (Å²) < 4.78 is 5.52. The topological polar surface area (TPSA) is 21.3 Å². The van der Waals surface area contributed by atoms with Crippen LogP contribution in [0, 0.1) is 11.3 Å². The summed E-state index contributed by atoms with van der Waals surface area (Å²) in [7, 11) is 1.79. The van der Waals surface area contributed by atoms with Crippen LogP contribution in [0.1, 0.15) is 41.0 Å². The van der Waals surface area contributed by atoms with Gasteiger partial charge in [-0.15, -0.1) is 6.58 Å². The highest BCUT2D eigenvalue weighted by Gasteiger charge is 2.24. The molecule has 0 aliphatic heterocycles. The quantitative estimate of drug-likeness (QED) is 0.674. The van der Waals surface area contributed by atoms with Crippen molar-refractivity contribution in [3.05, 3.63) is 12.7 Å². The smallest absolute Gasteiger partial charge is 0.0743 e. The normalized spacial score (nSPS) is 17.9. The number of nitrogens with one attached hydrogen (secondary N) is 1. The molecule has 0 rings (SSSR count). The van der Waals surface area contributed by atoms with Crippen molar-refractivity contribution < 1.29 is 4.74 Å². The van der Waals surface area contributed by atoms with Crippen LogP contribution in [0.2, 0.25) is 0 Å². The van der Waals surface area contributed by atoms with E-state index in [1.54, 1.807) is 7.11 Å². The van der Waals surface area contributed by atoms with E-state index in [1.807, 2.05) is 6.08 Å². The minimum absolute atomic E-state index is 0.184. The van der Waals surface area contributed by atoms with Gasteiger partial charge in [-0.05, 0) is 24.7 Å². The van der Waals surface area contributed by atoms with Crippen molar-refractivity contribution >= 4 is 0 Å². The number of hydrogen-bond donors (Lipinski definition) is 1. The molecule has 96 valence electrons. The molecule has 3 unspecified atom stereocenters. The van der Waals surface area contributed by atoms with E-state index < -0.39 is 0 Å². The first-order valence-electron chi connectivity index (χ1n) is 6.20. The zero-order valence-electron chi connectivity index (χ0n) is 11.8. The number of allylic oxidation sites excluding steroid dienone is 1. The van der Waals surface area contributed by atoms with E-state index in [-0.39, 0.29) is 11.5 Å². The fourth-order valence-corrected chi connectivity index (χ4v) is 1.70. The molecule has 0 saturated heterocycles. The standard InChI is InChI=1S/C14H29NO/c1-8-9-11(2)12(3)15-10-13(16-7)14(4,5)6/h8,11-13,15H,1,9-10H2,2-7H3. The zero-order chi connectivity index (χ0) is 12.8. The highest BCUT2D eigenvalue weighted by atomic mass is 16.5. The van der Waals surface area contributed by atoms with E-state index >= 15 is 0 Å². The van der Waals surface area contributed by atoms with Crippen molar-refractivity contribution in [2.24, 2.45) is 11.3 Å². The Morgan fingerprint density at radius 1 is 1.31 bits per heavy atom. The summed E-state index contributed by atoms with van der Waals surface area (Å²) >= 11 is 0. The maximum Gasteiger partial charge on any atom is 0.0743 e. The molecule has 0 aliphatic carbocycles. The van der Waals surface area contributed by atoms with Gasteiger partial charge >= 0.3 is 0 Å². The zero-order valence-corrected chi connectivity index (χ0v) is 11.8. The van der Waals surface area contributed by atoms with E-state index in [0.29, 0.717) is 12.0 Å². The third-order valence-corrected chi connectivity index (χ3v) is 3.27. The van der Waals surface area contributed by atoms with Gasteiger partial charge in [-0.25, -0.2) is 0 Å². The second kappa shape index (κ2) is 7.08. The fraction of sp³-hybridized carbons (Fsp3) is 0.857. The van der Waals surface area contributed by atoms with E-state index in [4.69, 9.17) is 4.74 Å². The maximum atomic E-state index is 5.52. The van der Waals surface area contributed by atoms with Crippen LogP contribution < -0.4 is 5.32 Å². The average Bonchev–Trinajstić information content (AvgIpc) is 2.16. The van der Waals surface area contributed by atoms with Crippen LogP contribution in [-0.4, -0.2) is 25.8 Å². The molecule has 2 heteroatoms. The first-order chi connectivity index (χ1) is 7.32. The number of rotatable bonds is 7. The number of hydrogen-bond acceptors (Lipinski definition) is 2. The average molecular weight is 227 g/mol. The molecule has 0 heterocycles. The van der Waals surface area contributed by atoms with E-state index in [2.05, 4.69) is 46.5 Å². The van der Waals surface area contributed by atoms with Crippen LogP contribution in [0.3, 0.4) is 0 Å². The molecule has 0 saturated carbocycles. The van der Waals surface area contributed by atoms with Crippen LogP contribution in [0.4, 0.5) is 0 Å². The lowest BCUT2D eigenvalue weighted by Gasteiger charge is -2.31. The molecule has 0 aromatic heterocycles. The minimum Gasteiger partial charge on any atom is -0.380 e. The van der Waals surface area contributed by atoms with Crippen LogP contribution in [0.5, 0.6) is 0 Å². The largest absolute Gasteiger partial charge is 0.380 e. The molecule has 0 spiro atoms. The Balaban J connectivity index is 4.06. The molecule has 0 bridgehead atoms. The lowest BCUT2D eigenvalue weighted by atomic mass is 9.88. The molecule has 0 aliphatic rings. The molecule has 16 heavy (non-hydrogen) atoms. The van der Waals surface area contributed by atoms with Gasteiger partial charge < -0.3 is 10.1 Å². The lowest BCUT2D eigenvalue weighted by molar-refractivity contribution is 0.0149. The van der Waals surface area contributed by atoms with Crippen molar-refractivity contribution in [3.8, 4) is 0 Å². The molecule has 0 aromatic rings. The van der Waals surface area contributed by atoms with Gasteiger partial charge in [-0.3, -0.25) is 0 Å². The van der Waals surface area contributed by atoms with Crippen molar-refractivity contribution in [1.29, 1.82) is 0 Å². The molecule has 0 aromatic carbocycles. The van der Waals surface area contributed by atoms with Crippen LogP contribution >= 0.6 is 0 Å². The second-order valence-electron chi connectivity index (χ2n) is 5.79. The Morgan fingerprint density at radius 3 is 2.25 bits per heavy atom. The molecular formula is C14H29NO. The van der Waals surface area contributed by atoms with E-state index in [9.17, 15) is 0 Å². The van der Waals surface area contributed by atoms with Crippen LogP contribution in [0.15, 0.2) is 12.7 Å². The molecular weight excluding hydrogens is 198 g/mol. The minimum atomic E-state index is 0.184. The summed E-state index contributed by atoms with van der Waals surface area (Å²) in [6.07, 6.45) is 3.30. The predicted octanol–water partition coefficient (Wildman–Crippen LogP) is 3.24. The van der Waals surface area contributed by atoms with E-state index in [1.165, 1.54) is 0 Å². The van der Waals surface area contributed by atoms with Gasteiger partial charge in [0.15, 0.2) is 0 Å². The van der Waals surface area contributed by atoms with Crippen molar-refractivity contribution in [2.45, 2.75) is 53.2 Å². The fourth-order valence-electron chi connectivity index (χ4n) is 1.70. The summed E-state index contributed by atoms with van der Waals surface area (Å²) in [4.78, 5) is 0. The summed E-state index contributed by atoms with van der Waals surface area (Å²) in [5.74, 6) is 0.620. The van der Waals surface area contributed by atoms with E-state index in [0.717, 1.165) is 13.0 Å². The Labute approximate surface area is 101 Å². The summed E-state index contributed by atoms with van der Waals surface area (Å²) in [6, 6.07) is 0.498. The maximum absolute atomic E-state index is 5.52. The van der Waals surface area contributed by atoms with Gasteiger partial charge in [0.25, 0.3) is 0 Å². The van der Waals surface area contributed by atoms with Crippen LogP contribution in [-0.2, 0) is 4.74 Å². The highest BCUT2D eigenvalue weighted by Crippen LogP contribution is 2.21. The molecule has 2 nitrogen and oxygen atoms in total. The summed E-state index contributed by atoms with van der Waals surface area (Å²) in [6.45, 7) is 15.8. The second-order valence-corrected chi connectivity index (χ2v) is 5.79. The number of methoxy groups -OCH3 is 1. The molecule has 3 atom stereocenters. The lowest BCUT2D eigenvalue weighted by Crippen LogP contribution is -2.43. The number of ether oxygens (including phenoxy) is 1. The van der Waals surface area contributed by atoms with Crippen LogP contribution in [0.25, 0.3) is 0 Å². The van der Waals surface area contributed by atoms with Crippen molar-refractivity contribution in [1.82, 2.24) is 5.32 Å². The third-order valence-electron chi connectivity index (χ3n) is 3.27. The molecule has 0 radical (unpaired) electrons. The molecule has 0 amide bonds. The third kappa shape index (κ3) is 5.66. The Bertz CT molecular complexity index is 195. The first kappa shape index (κ1) is 15.7. The van der Waals surface area contributed by atoms with Gasteiger partial charge in [-0.1, -0.05) is 33.8 Å².